The number of ether oxygens (including phenoxy) is 1. The minimum absolute atomic E-state index is 0.119. The number of carbonyl (C=O) groups is 3. The molecular weight excluding hydrogens is 386 g/mol. The van der Waals surface area contributed by atoms with E-state index in [0.29, 0.717) is 17.4 Å². The Hall–Kier alpha value is -3.22. The molecule has 7 heteroatoms. The minimum Gasteiger partial charge on any atom is -0.425 e. The summed E-state index contributed by atoms with van der Waals surface area (Å²) >= 11 is 0. The average molecular weight is 405 g/mol. The van der Waals surface area contributed by atoms with Crippen LogP contribution in [-0.4, -0.2) is 29.2 Å². The summed E-state index contributed by atoms with van der Waals surface area (Å²) in [5.41, 5.74) is 0.592. The first-order valence-corrected chi connectivity index (χ1v) is 10.2. The van der Waals surface area contributed by atoms with Gasteiger partial charge in [-0.05, 0) is 54.7 Å². The lowest BCUT2D eigenvalue weighted by Crippen LogP contribution is -2.40. The van der Waals surface area contributed by atoms with Gasteiger partial charge in [0.1, 0.15) is 17.9 Å². The van der Waals surface area contributed by atoms with Gasteiger partial charge in [0.15, 0.2) is 0 Å². The van der Waals surface area contributed by atoms with E-state index >= 15 is 0 Å². The topological polar surface area (TPSA) is 93.9 Å². The molecule has 1 aromatic heterocycles. The fourth-order valence-corrected chi connectivity index (χ4v) is 5.85. The first-order chi connectivity index (χ1) is 14.4. The van der Waals surface area contributed by atoms with Crippen LogP contribution in [0.1, 0.15) is 12.0 Å². The van der Waals surface area contributed by atoms with Gasteiger partial charge in [-0.25, -0.2) is 9.59 Å². The molecular formula is C23H19NO6. The highest BCUT2D eigenvalue weighted by Gasteiger charge is 2.67. The van der Waals surface area contributed by atoms with Crippen LogP contribution in [0.2, 0.25) is 0 Å². The van der Waals surface area contributed by atoms with E-state index in [1.165, 1.54) is 12.1 Å². The Balaban J connectivity index is 1.22. The Morgan fingerprint density at radius 1 is 1.07 bits per heavy atom. The number of hydrogen-bond acceptors (Lipinski definition) is 6. The molecule has 7 nitrogen and oxygen atoms in total. The molecule has 2 bridgehead atoms. The van der Waals surface area contributed by atoms with Crippen molar-refractivity contribution in [2.24, 2.45) is 35.5 Å². The first kappa shape index (κ1) is 17.6. The van der Waals surface area contributed by atoms with E-state index < -0.39 is 18.1 Å². The Morgan fingerprint density at radius 2 is 1.73 bits per heavy atom. The Bertz CT molecular complexity index is 1190. The van der Waals surface area contributed by atoms with Crippen LogP contribution in [0.4, 0.5) is 0 Å². The first-order valence-electron chi connectivity index (χ1n) is 10.2. The highest BCUT2D eigenvalue weighted by Crippen LogP contribution is 2.65. The van der Waals surface area contributed by atoms with E-state index in [-0.39, 0.29) is 41.2 Å². The molecule has 6 atom stereocenters. The fraction of sp³-hybridized carbons (Fsp3) is 0.391. The van der Waals surface area contributed by atoms with E-state index in [9.17, 15) is 19.2 Å². The normalized spacial score (nSPS) is 33.0. The lowest BCUT2D eigenvalue weighted by atomic mass is 9.63. The molecule has 1 aromatic carbocycles. The molecule has 4 aliphatic carbocycles. The van der Waals surface area contributed by atoms with Crippen molar-refractivity contribution in [1.29, 1.82) is 0 Å². The molecule has 5 aliphatic rings. The maximum Gasteiger partial charge on any atom is 0.336 e. The number of benzene rings is 1. The zero-order valence-electron chi connectivity index (χ0n) is 16.2. The van der Waals surface area contributed by atoms with Gasteiger partial charge in [-0.2, -0.15) is 0 Å². The Morgan fingerprint density at radius 3 is 2.40 bits per heavy atom. The number of hydrogen-bond donors (Lipinski definition) is 0. The number of likely N-dealkylation sites (tertiary alicyclic amines) is 1. The van der Waals surface area contributed by atoms with Crippen molar-refractivity contribution in [2.45, 2.75) is 13.3 Å². The molecule has 3 fully saturated rings. The summed E-state index contributed by atoms with van der Waals surface area (Å²) in [6, 6.07) is 6.10. The van der Waals surface area contributed by atoms with Gasteiger partial charge >= 0.3 is 11.6 Å². The Kier molecular flexibility index (Phi) is 3.47. The molecule has 2 heterocycles. The van der Waals surface area contributed by atoms with Crippen LogP contribution >= 0.6 is 0 Å². The van der Waals surface area contributed by atoms with Gasteiger partial charge in [0, 0.05) is 17.5 Å². The van der Waals surface area contributed by atoms with Crippen LogP contribution in [0.25, 0.3) is 11.0 Å². The predicted octanol–water partition coefficient (Wildman–Crippen LogP) is 2.06. The molecule has 0 spiro atoms. The van der Waals surface area contributed by atoms with E-state index in [2.05, 4.69) is 12.2 Å². The summed E-state index contributed by atoms with van der Waals surface area (Å²) in [4.78, 5) is 51.0. The van der Waals surface area contributed by atoms with Crippen LogP contribution in [0.5, 0.6) is 5.75 Å². The second-order valence-corrected chi connectivity index (χ2v) is 8.80. The van der Waals surface area contributed by atoms with Crippen molar-refractivity contribution in [3.63, 3.8) is 0 Å². The molecule has 152 valence electrons. The van der Waals surface area contributed by atoms with E-state index in [1.54, 1.807) is 12.1 Å². The van der Waals surface area contributed by atoms with Gasteiger partial charge in [0.25, 0.3) is 0 Å². The van der Waals surface area contributed by atoms with Crippen LogP contribution in [0, 0.1) is 42.4 Å². The molecule has 2 amide bonds. The zero-order valence-corrected chi connectivity index (χ0v) is 16.2. The molecule has 0 N–H and O–H groups in total. The highest BCUT2D eigenvalue weighted by molar-refractivity contribution is 6.08. The third-order valence-corrected chi connectivity index (χ3v) is 7.19. The number of carbonyl (C=O) groups excluding carboxylic acids is 3. The molecule has 0 radical (unpaired) electrons. The molecule has 2 aromatic rings. The van der Waals surface area contributed by atoms with Gasteiger partial charge in [-0.3, -0.25) is 14.5 Å². The van der Waals surface area contributed by atoms with Crippen molar-refractivity contribution in [1.82, 2.24) is 4.90 Å². The maximum absolute atomic E-state index is 13.0. The van der Waals surface area contributed by atoms with Crippen molar-refractivity contribution in [2.75, 3.05) is 6.54 Å². The van der Waals surface area contributed by atoms with Gasteiger partial charge in [-0.1, -0.05) is 12.2 Å². The van der Waals surface area contributed by atoms with Crippen LogP contribution < -0.4 is 10.4 Å². The molecule has 7 rings (SSSR count). The van der Waals surface area contributed by atoms with Gasteiger partial charge in [-0.15, -0.1) is 0 Å². The summed E-state index contributed by atoms with van der Waals surface area (Å²) in [7, 11) is 0. The number of fused-ring (bicyclic) bond motifs is 1. The smallest absolute Gasteiger partial charge is 0.336 e. The number of aryl methyl sites for hydroxylation is 1. The second kappa shape index (κ2) is 5.90. The predicted molar refractivity (Wildman–Crippen MR) is 104 cm³/mol. The fourth-order valence-electron chi connectivity index (χ4n) is 5.85. The van der Waals surface area contributed by atoms with Crippen molar-refractivity contribution >= 4 is 28.8 Å². The van der Waals surface area contributed by atoms with Crippen molar-refractivity contribution in [3.05, 3.63) is 52.4 Å². The van der Waals surface area contributed by atoms with E-state index in [4.69, 9.17) is 9.15 Å². The molecule has 6 unspecified atom stereocenters. The van der Waals surface area contributed by atoms with Crippen molar-refractivity contribution < 1.29 is 23.5 Å². The summed E-state index contributed by atoms with van der Waals surface area (Å²) in [5, 5.41) is 0.741. The minimum atomic E-state index is -0.696. The highest BCUT2D eigenvalue weighted by atomic mass is 16.5. The average Bonchev–Trinajstić information content (AvgIpc) is 3.49. The summed E-state index contributed by atoms with van der Waals surface area (Å²) < 4.78 is 10.6. The van der Waals surface area contributed by atoms with Crippen LogP contribution in [-0.2, 0) is 14.4 Å². The summed E-state index contributed by atoms with van der Waals surface area (Å²) in [6.45, 7) is 1.40. The number of rotatable bonds is 3. The number of imide groups is 1. The second-order valence-electron chi connectivity index (χ2n) is 8.80. The third-order valence-electron chi connectivity index (χ3n) is 7.19. The van der Waals surface area contributed by atoms with Crippen LogP contribution in [0.3, 0.4) is 0 Å². The quantitative estimate of drug-likeness (QED) is 0.255. The van der Waals surface area contributed by atoms with E-state index in [0.717, 1.165) is 22.3 Å². The lowest BCUT2D eigenvalue weighted by molar-refractivity contribution is -0.148. The Labute approximate surface area is 171 Å². The maximum atomic E-state index is 13.0. The number of nitrogens with zero attached hydrogens (tertiary/aromatic N) is 1. The number of amides is 2. The van der Waals surface area contributed by atoms with Crippen molar-refractivity contribution in [3.8, 4) is 5.75 Å². The molecule has 30 heavy (non-hydrogen) atoms. The van der Waals surface area contributed by atoms with Gasteiger partial charge < -0.3 is 9.15 Å². The monoisotopic (exact) mass is 405 g/mol. The molecule has 1 aliphatic heterocycles. The van der Waals surface area contributed by atoms with E-state index in [1.807, 2.05) is 6.92 Å². The molecule has 1 saturated heterocycles. The summed E-state index contributed by atoms with van der Waals surface area (Å²) in [6.07, 6.45) is 5.28. The van der Waals surface area contributed by atoms with Gasteiger partial charge in [0.05, 0.1) is 11.8 Å². The summed E-state index contributed by atoms with van der Waals surface area (Å²) in [5.74, 6) is -0.402. The standard InChI is InChI=1S/C23H19NO6/c1-10-6-11(7-17-12(10)4-5-18(25)30-17)29-19(26)9-24-22(27)20-13-2-3-14(16-8-15(13)16)21(20)23(24)28/h2-7,13-16,20-21H,8-9H2,1H3. The third kappa shape index (κ3) is 2.38. The van der Waals surface area contributed by atoms with Crippen LogP contribution in [0.15, 0.2) is 45.6 Å². The SMILES string of the molecule is Cc1cc(OC(=O)CN2C(=O)C3C4C=CC(C5CC45)C3C2=O)cc2oc(=O)ccc12. The van der Waals surface area contributed by atoms with Gasteiger partial charge in [0.2, 0.25) is 11.8 Å². The zero-order chi connectivity index (χ0) is 20.7. The number of allylic oxidation sites excluding steroid dienone is 2. The number of esters is 1. The lowest BCUT2D eigenvalue weighted by Gasteiger charge is -2.37. The largest absolute Gasteiger partial charge is 0.425 e. The molecule has 2 saturated carbocycles.